The predicted octanol–water partition coefficient (Wildman–Crippen LogP) is 1.87. The molecule has 6 nitrogen and oxygen atoms in total. The lowest BCUT2D eigenvalue weighted by molar-refractivity contribution is 0.0618. The van der Waals surface area contributed by atoms with Crippen molar-refractivity contribution in [2.75, 3.05) is 57.8 Å². The summed E-state index contributed by atoms with van der Waals surface area (Å²) in [6.07, 6.45) is 4.27. The number of hydrogen-bond acceptors (Lipinski definition) is 6. The molecule has 4 aliphatic heterocycles. The van der Waals surface area contributed by atoms with Gasteiger partial charge in [-0.3, -0.25) is 4.79 Å². The van der Waals surface area contributed by atoms with Gasteiger partial charge in [0.25, 0.3) is 5.91 Å². The maximum absolute atomic E-state index is 12.9. The molecule has 2 aromatic rings. The van der Waals surface area contributed by atoms with Gasteiger partial charge in [0.05, 0.1) is 10.4 Å². The van der Waals surface area contributed by atoms with Gasteiger partial charge in [0, 0.05) is 55.7 Å². The minimum absolute atomic E-state index is 0.0221. The van der Waals surface area contributed by atoms with Crippen LogP contribution in [-0.4, -0.2) is 79.6 Å². The average Bonchev–Trinajstić information content (AvgIpc) is 3.13. The molecule has 4 fully saturated rings. The molecule has 2 aromatic heterocycles. The van der Waals surface area contributed by atoms with E-state index >= 15 is 0 Å². The van der Waals surface area contributed by atoms with Crippen molar-refractivity contribution in [1.29, 1.82) is 0 Å². The van der Waals surface area contributed by atoms with Gasteiger partial charge in [-0.2, -0.15) is 0 Å². The van der Waals surface area contributed by atoms with Crippen molar-refractivity contribution in [3.8, 4) is 0 Å². The summed E-state index contributed by atoms with van der Waals surface area (Å²) in [5.74, 6) is 0.607. The molecule has 1 amide bonds. The third-order valence-electron chi connectivity index (χ3n) is 6.49. The van der Waals surface area contributed by atoms with Gasteiger partial charge in [-0.25, -0.2) is 4.98 Å². The summed E-state index contributed by atoms with van der Waals surface area (Å²) in [4.78, 5) is 24.6. The molecule has 0 aliphatic carbocycles. The van der Waals surface area contributed by atoms with Gasteiger partial charge in [0.2, 0.25) is 0 Å². The number of carbonyl (C=O) groups excluding carboxylic acids is 1. The van der Waals surface area contributed by atoms with Gasteiger partial charge in [0.1, 0.15) is 5.69 Å². The second-order valence-corrected chi connectivity index (χ2v) is 9.11. The van der Waals surface area contributed by atoms with Crippen LogP contribution in [0.25, 0.3) is 10.1 Å². The Morgan fingerprint density at radius 2 is 1.96 bits per heavy atom. The second kappa shape index (κ2) is 7.04. The summed E-state index contributed by atoms with van der Waals surface area (Å²) in [6.45, 7) is 7.58. The van der Waals surface area contributed by atoms with E-state index in [9.17, 15) is 4.79 Å². The molecule has 2 bridgehead atoms. The number of likely N-dealkylation sites (N-methyl/N-ethyl adjacent to an activating group) is 1. The van der Waals surface area contributed by atoms with Gasteiger partial charge in [-0.15, -0.1) is 11.3 Å². The zero-order valence-electron chi connectivity index (χ0n) is 15.9. The number of fused-ring (bicyclic) bond motifs is 4. The molecular formula is C20H27N5OS. The molecule has 4 saturated heterocycles. The standard InChI is InChI=1S/C20H27N5OS/c1-23-6-8-25(9-7-23)18-13-27-19-11-21-16(10-15(18)19)20(26)22-17-12-24-4-2-14(17)3-5-24/h10-11,13-14,17H,2-9,12H2,1H3,(H,22,26)/t17-/m0/s1. The number of anilines is 1. The fourth-order valence-electron chi connectivity index (χ4n) is 4.71. The number of piperidine rings is 3. The topological polar surface area (TPSA) is 51.7 Å². The van der Waals surface area contributed by atoms with E-state index in [1.54, 1.807) is 11.3 Å². The minimum Gasteiger partial charge on any atom is -0.368 e. The number of hydrogen-bond donors (Lipinski definition) is 1. The van der Waals surface area contributed by atoms with Gasteiger partial charge in [-0.05, 0) is 45.0 Å². The number of nitrogens with one attached hydrogen (secondary N) is 1. The Morgan fingerprint density at radius 3 is 2.67 bits per heavy atom. The van der Waals surface area contributed by atoms with Crippen molar-refractivity contribution in [1.82, 2.24) is 20.1 Å². The van der Waals surface area contributed by atoms with Crippen LogP contribution in [0.4, 0.5) is 5.69 Å². The third kappa shape index (κ3) is 3.32. The van der Waals surface area contributed by atoms with E-state index in [1.807, 2.05) is 12.3 Å². The fourth-order valence-corrected chi connectivity index (χ4v) is 5.63. The van der Waals surface area contributed by atoms with Gasteiger partial charge < -0.3 is 20.0 Å². The van der Waals surface area contributed by atoms with Crippen LogP contribution in [0.15, 0.2) is 17.6 Å². The van der Waals surface area contributed by atoms with Crippen molar-refractivity contribution >= 4 is 33.0 Å². The SMILES string of the molecule is CN1CCN(c2csc3cnc(C(=O)N[C@H]4CN5CCC4CC5)cc23)CC1. The first-order valence-corrected chi connectivity index (χ1v) is 10.9. The number of nitrogens with zero attached hydrogens (tertiary/aromatic N) is 4. The molecule has 7 heteroatoms. The lowest BCUT2D eigenvalue weighted by Crippen LogP contribution is -2.57. The first-order chi connectivity index (χ1) is 13.2. The van der Waals surface area contributed by atoms with Crippen molar-refractivity contribution < 1.29 is 4.79 Å². The minimum atomic E-state index is -0.0221. The Labute approximate surface area is 164 Å². The summed E-state index contributed by atoms with van der Waals surface area (Å²) >= 11 is 1.72. The monoisotopic (exact) mass is 385 g/mol. The maximum Gasteiger partial charge on any atom is 0.270 e. The molecule has 0 spiro atoms. The molecule has 0 saturated carbocycles. The number of piperazine rings is 1. The summed E-state index contributed by atoms with van der Waals surface area (Å²) in [5.41, 5.74) is 1.80. The average molecular weight is 386 g/mol. The van der Waals surface area contributed by atoms with E-state index in [1.165, 1.54) is 37.0 Å². The number of pyridine rings is 1. The quantitative estimate of drug-likeness (QED) is 0.874. The van der Waals surface area contributed by atoms with Crippen LogP contribution < -0.4 is 10.2 Å². The lowest BCUT2D eigenvalue weighted by atomic mass is 9.84. The number of aromatic nitrogens is 1. The van der Waals surface area contributed by atoms with Crippen molar-refractivity contribution in [3.63, 3.8) is 0 Å². The Kier molecular flexibility index (Phi) is 4.53. The first kappa shape index (κ1) is 17.4. The van der Waals surface area contributed by atoms with E-state index < -0.39 is 0 Å². The van der Waals surface area contributed by atoms with E-state index in [-0.39, 0.29) is 11.9 Å². The van der Waals surface area contributed by atoms with Crippen LogP contribution in [0.1, 0.15) is 23.3 Å². The highest BCUT2D eigenvalue weighted by atomic mass is 32.1. The van der Waals surface area contributed by atoms with Crippen LogP contribution in [0, 0.1) is 5.92 Å². The fraction of sp³-hybridized carbons (Fsp3) is 0.600. The summed E-state index contributed by atoms with van der Waals surface area (Å²) < 4.78 is 1.16. The molecule has 6 rings (SSSR count). The molecule has 0 aromatic carbocycles. The Bertz CT molecular complexity index is 836. The maximum atomic E-state index is 12.9. The van der Waals surface area contributed by atoms with Crippen molar-refractivity contribution in [2.45, 2.75) is 18.9 Å². The molecule has 27 heavy (non-hydrogen) atoms. The molecule has 6 heterocycles. The summed E-state index contributed by atoms with van der Waals surface area (Å²) in [6, 6.07) is 2.27. The molecule has 0 radical (unpaired) electrons. The van der Waals surface area contributed by atoms with Crippen LogP contribution >= 0.6 is 11.3 Å². The molecule has 4 aliphatic rings. The van der Waals surface area contributed by atoms with Gasteiger partial charge >= 0.3 is 0 Å². The van der Waals surface area contributed by atoms with E-state index in [0.29, 0.717) is 11.6 Å². The Balaban J connectivity index is 1.36. The summed E-state index contributed by atoms with van der Waals surface area (Å²) in [7, 11) is 2.17. The normalized spacial score (nSPS) is 28.6. The van der Waals surface area contributed by atoms with Gasteiger partial charge in [0.15, 0.2) is 0 Å². The third-order valence-corrected chi connectivity index (χ3v) is 7.41. The Hall–Kier alpha value is -1.70. The van der Waals surface area contributed by atoms with E-state index in [0.717, 1.165) is 37.4 Å². The highest BCUT2D eigenvalue weighted by Crippen LogP contribution is 2.34. The highest BCUT2D eigenvalue weighted by Gasteiger charge is 2.35. The summed E-state index contributed by atoms with van der Waals surface area (Å²) in [5, 5.41) is 6.65. The van der Waals surface area contributed by atoms with Crippen LogP contribution in [0.5, 0.6) is 0 Å². The zero-order chi connectivity index (χ0) is 18.4. The molecule has 144 valence electrons. The van der Waals surface area contributed by atoms with Crippen LogP contribution in [0.3, 0.4) is 0 Å². The number of thiophene rings is 1. The highest BCUT2D eigenvalue weighted by molar-refractivity contribution is 7.17. The largest absolute Gasteiger partial charge is 0.368 e. The zero-order valence-corrected chi connectivity index (χ0v) is 16.7. The molecule has 1 atom stereocenters. The van der Waals surface area contributed by atoms with Crippen molar-refractivity contribution in [2.24, 2.45) is 5.92 Å². The van der Waals surface area contributed by atoms with E-state index in [4.69, 9.17) is 0 Å². The van der Waals surface area contributed by atoms with Crippen LogP contribution in [0.2, 0.25) is 0 Å². The molecule has 0 unspecified atom stereocenters. The Morgan fingerprint density at radius 1 is 1.19 bits per heavy atom. The number of rotatable bonds is 3. The molecular weight excluding hydrogens is 358 g/mol. The van der Waals surface area contributed by atoms with E-state index in [2.05, 4.69) is 37.4 Å². The smallest absolute Gasteiger partial charge is 0.270 e. The number of carbonyl (C=O) groups is 1. The number of amides is 1. The predicted molar refractivity (Wildman–Crippen MR) is 110 cm³/mol. The lowest BCUT2D eigenvalue weighted by Gasteiger charge is -2.44. The van der Waals surface area contributed by atoms with Crippen LogP contribution in [-0.2, 0) is 0 Å². The second-order valence-electron chi connectivity index (χ2n) is 8.19. The molecule has 1 N–H and O–H groups in total. The first-order valence-electron chi connectivity index (χ1n) is 10.0. The van der Waals surface area contributed by atoms with Gasteiger partial charge in [-0.1, -0.05) is 0 Å². The van der Waals surface area contributed by atoms with Crippen molar-refractivity contribution in [3.05, 3.63) is 23.3 Å².